The van der Waals surface area contributed by atoms with Crippen LogP contribution in [-0.2, 0) is 5.41 Å². The lowest BCUT2D eigenvalue weighted by Gasteiger charge is -2.28. The van der Waals surface area contributed by atoms with E-state index in [2.05, 4.69) is 26.1 Å². The second-order valence-electron chi connectivity index (χ2n) is 7.25. The molecule has 0 heterocycles. The molecule has 21 heavy (non-hydrogen) atoms. The van der Waals surface area contributed by atoms with Crippen molar-refractivity contribution in [2.45, 2.75) is 57.9 Å². The van der Waals surface area contributed by atoms with E-state index < -0.39 is 0 Å². The normalized spacial score (nSPS) is 22.9. The smallest absolute Gasteiger partial charge is 0.251 e. The van der Waals surface area contributed by atoms with Gasteiger partial charge >= 0.3 is 0 Å². The molecule has 1 fully saturated rings. The van der Waals surface area contributed by atoms with Gasteiger partial charge in [0, 0.05) is 18.2 Å². The average Bonchev–Trinajstić information content (AvgIpc) is 2.45. The summed E-state index contributed by atoms with van der Waals surface area (Å²) in [7, 11) is 0. The van der Waals surface area contributed by atoms with E-state index in [-0.39, 0.29) is 17.4 Å². The van der Waals surface area contributed by atoms with Gasteiger partial charge < -0.3 is 11.1 Å². The number of carbonyl (C=O) groups excluding carboxylic acids is 1. The van der Waals surface area contributed by atoms with Gasteiger partial charge in [-0.15, -0.1) is 0 Å². The molecular weight excluding hydrogens is 260 g/mol. The Morgan fingerprint density at radius 2 is 1.81 bits per heavy atom. The predicted octanol–water partition coefficient (Wildman–Crippen LogP) is 3.23. The molecule has 1 aliphatic rings. The van der Waals surface area contributed by atoms with Crippen LogP contribution in [-0.4, -0.2) is 18.5 Å². The SMILES string of the molecule is CC(C)(C)c1ccc(C(=O)NCC2CCCCC2N)cc1. The second-order valence-corrected chi connectivity index (χ2v) is 7.25. The molecule has 3 nitrogen and oxygen atoms in total. The number of hydrogen-bond acceptors (Lipinski definition) is 2. The molecule has 3 heteroatoms. The Labute approximate surface area is 128 Å². The fraction of sp³-hybridized carbons (Fsp3) is 0.611. The molecule has 0 aliphatic heterocycles. The van der Waals surface area contributed by atoms with Crippen LogP contribution in [0.3, 0.4) is 0 Å². The third kappa shape index (κ3) is 4.31. The van der Waals surface area contributed by atoms with Crippen LogP contribution in [0.2, 0.25) is 0 Å². The van der Waals surface area contributed by atoms with Gasteiger partial charge in [0.05, 0.1) is 0 Å². The Hall–Kier alpha value is -1.35. The summed E-state index contributed by atoms with van der Waals surface area (Å²) < 4.78 is 0. The topological polar surface area (TPSA) is 55.1 Å². The van der Waals surface area contributed by atoms with Crippen LogP contribution < -0.4 is 11.1 Å². The number of amides is 1. The first-order valence-electron chi connectivity index (χ1n) is 8.02. The maximum Gasteiger partial charge on any atom is 0.251 e. The molecule has 0 radical (unpaired) electrons. The van der Waals surface area contributed by atoms with Crippen LogP contribution in [0.1, 0.15) is 62.4 Å². The van der Waals surface area contributed by atoms with E-state index in [1.54, 1.807) is 0 Å². The van der Waals surface area contributed by atoms with Crippen molar-refractivity contribution in [1.29, 1.82) is 0 Å². The summed E-state index contributed by atoms with van der Waals surface area (Å²) in [4.78, 5) is 12.2. The van der Waals surface area contributed by atoms with Crippen molar-refractivity contribution in [3.63, 3.8) is 0 Å². The van der Waals surface area contributed by atoms with E-state index in [1.165, 1.54) is 18.4 Å². The van der Waals surface area contributed by atoms with E-state index >= 15 is 0 Å². The zero-order chi connectivity index (χ0) is 15.5. The van der Waals surface area contributed by atoms with Gasteiger partial charge in [0.1, 0.15) is 0 Å². The summed E-state index contributed by atoms with van der Waals surface area (Å²) in [5.41, 5.74) is 8.21. The van der Waals surface area contributed by atoms with Crippen molar-refractivity contribution >= 4 is 5.91 Å². The summed E-state index contributed by atoms with van der Waals surface area (Å²) in [6.07, 6.45) is 4.67. The number of carbonyl (C=O) groups is 1. The van der Waals surface area contributed by atoms with Crippen molar-refractivity contribution in [2.75, 3.05) is 6.54 Å². The fourth-order valence-electron chi connectivity index (χ4n) is 2.94. The van der Waals surface area contributed by atoms with Crippen LogP contribution in [0.25, 0.3) is 0 Å². The Bertz CT molecular complexity index is 473. The lowest BCUT2D eigenvalue weighted by Crippen LogP contribution is -2.41. The lowest BCUT2D eigenvalue weighted by molar-refractivity contribution is 0.0941. The van der Waals surface area contributed by atoms with E-state index in [0.717, 1.165) is 18.4 Å². The van der Waals surface area contributed by atoms with Gasteiger partial charge in [-0.05, 0) is 41.9 Å². The Morgan fingerprint density at radius 1 is 1.19 bits per heavy atom. The maximum absolute atomic E-state index is 12.2. The van der Waals surface area contributed by atoms with Gasteiger partial charge in [-0.25, -0.2) is 0 Å². The number of nitrogens with two attached hydrogens (primary N) is 1. The largest absolute Gasteiger partial charge is 0.352 e. The number of hydrogen-bond donors (Lipinski definition) is 2. The Kier molecular flexibility index (Phi) is 5.04. The molecule has 2 atom stereocenters. The first kappa shape index (κ1) is 16.0. The van der Waals surface area contributed by atoms with Gasteiger partial charge in [-0.3, -0.25) is 4.79 Å². The average molecular weight is 288 g/mol. The molecule has 0 bridgehead atoms. The number of benzene rings is 1. The molecule has 1 aliphatic carbocycles. The molecule has 116 valence electrons. The zero-order valence-electron chi connectivity index (χ0n) is 13.5. The van der Waals surface area contributed by atoms with Crippen LogP contribution in [0.5, 0.6) is 0 Å². The Morgan fingerprint density at radius 3 is 2.38 bits per heavy atom. The minimum absolute atomic E-state index is 0.00762. The van der Waals surface area contributed by atoms with E-state index in [4.69, 9.17) is 5.73 Å². The fourth-order valence-corrected chi connectivity index (χ4v) is 2.94. The van der Waals surface area contributed by atoms with Gasteiger partial charge in [0.25, 0.3) is 5.91 Å². The zero-order valence-corrected chi connectivity index (χ0v) is 13.5. The number of rotatable bonds is 3. The summed E-state index contributed by atoms with van der Waals surface area (Å²) >= 11 is 0. The predicted molar refractivity (Wildman–Crippen MR) is 87.4 cm³/mol. The minimum atomic E-state index is 0.00762. The molecule has 2 rings (SSSR count). The van der Waals surface area contributed by atoms with Gasteiger partial charge in [-0.1, -0.05) is 45.7 Å². The van der Waals surface area contributed by atoms with E-state index in [0.29, 0.717) is 12.5 Å². The molecule has 1 aromatic rings. The monoisotopic (exact) mass is 288 g/mol. The van der Waals surface area contributed by atoms with Crippen LogP contribution in [0, 0.1) is 5.92 Å². The molecule has 1 aromatic carbocycles. The van der Waals surface area contributed by atoms with E-state index in [1.807, 2.05) is 24.3 Å². The van der Waals surface area contributed by atoms with Crippen molar-refractivity contribution in [3.8, 4) is 0 Å². The molecule has 3 N–H and O–H groups in total. The summed E-state index contributed by atoms with van der Waals surface area (Å²) in [5.74, 6) is 0.435. The highest BCUT2D eigenvalue weighted by Crippen LogP contribution is 2.23. The molecule has 0 aromatic heterocycles. The van der Waals surface area contributed by atoms with Gasteiger partial charge in [0.2, 0.25) is 0 Å². The van der Waals surface area contributed by atoms with Crippen molar-refractivity contribution in [1.82, 2.24) is 5.32 Å². The third-order valence-electron chi connectivity index (χ3n) is 4.51. The maximum atomic E-state index is 12.2. The quantitative estimate of drug-likeness (QED) is 0.897. The minimum Gasteiger partial charge on any atom is -0.352 e. The van der Waals surface area contributed by atoms with Crippen LogP contribution in [0.15, 0.2) is 24.3 Å². The molecule has 0 spiro atoms. The molecule has 1 amide bonds. The Balaban J connectivity index is 1.91. The standard InChI is InChI=1S/C18H28N2O/c1-18(2,3)15-10-8-13(9-11-15)17(21)20-12-14-6-4-5-7-16(14)19/h8-11,14,16H,4-7,12,19H2,1-3H3,(H,20,21). The van der Waals surface area contributed by atoms with Crippen molar-refractivity contribution in [3.05, 3.63) is 35.4 Å². The third-order valence-corrected chi connectivity index (χ3v) is 4.51. The van der Waals surface area contributed by atoms with Crippen LogP contribution in [0.4, 0.5) is 0 Å². The molecule has 0 saturated heterocycles. The second kappa shape index (κ2) is 6.61. The highest BCUT2D eigenvalue weighted by Gasteiger charge is 2.22. The highest BCUT2D eigenvalue weighted by molar-refractivity contribution is 5.94. The van der Waals surface area contributed by atoms with E-state index in [9.17, 15) is 4.79 Å². The number of nitrogens with one attached hydrogen (secondary N) is 1. The first-order chi connectivity index (χ1) is 9.88. The first-order valence-corrected chi connectivity index (χ1v) is 8.02. The highest BCUT2D eigenvalue weighted by atomic mass is 16.1. The summed E-state index contributed by atoms with van der Waals surface area (Å²) in [6.45, 7) is 7.21. The van der Waals surface area contributed by atoms with Crippen LogP contribution >= 0.6 is 0 Å². The molecule has 2 unspecified atom stereocenters. The molecule has 1 saturated carbocycles. The van der Waals surface area contributed by atoms with Gasteiger partial charge in [0.15, 0.2) is 0 Å². The summed E-state index contributed by atoms with van der Waals surface area (Å²) in [6, 6.07) is 8.15. The lowest BCUT2D eigenvalue weighted by atomic mass is 9.85. The molecular formula is C18H28N2O. The van der Waals surface area contributed by atoms with Crippen molar-refractivity contribution in [2.24, 2.45) is 11.7 Å². The summed E-state index contributed by atoms with van der Waals surface area (Å²) in [5, 5.41) is 3.04. The van der Waals surface area contributed by atoms with Crippen molar-refractivity contribution < 1.29 is 4.79 Å². The van der Waals surface area contributed by atoms with Gasteiger partial charge in [-0.2, -0.15) is 0 Å².